The Balaban J connectivity index is 1.06. The van der Waals surface area contributed by atoms with E-state index in [-0.39, 0.29) is 12.0 Å². The van der Waals surface area contributed by atoms with Gasteiger partial charge >= 0.3 is 0 Å². The van der Waals surface area contributed by atoms with Crippen LogP contribution in [0.5, 0.6) is 5.75 Å². The molecule has 0 bridgehead atoms. The van der Waals surface area contributed by atoms with Gasteiger partial charge in [0.25, 0.3) is 0 Å². The Morgan fingerprint density at radius 2 is 1.07 bits per heavy atom. The van der Waals surface area contributed by atoms with Crippen molar-refractivity contribution < 1.29 is 9.15 Å². The number of ether oxygens (including phenoxy) is 1. The van der Waals surface area contributed by atoms with Crippen LogP contribution in [0.25, 0.3) is 66.4 Å². The van der Waals surface area contributed by atoms with Crippen molar-refractivity contribution in [2.75, 3.05) is 4.90 Å². The van der Waals surface area contributed by atoms with Gasteiger partial charge in [0, 0.05) is 50.4 Å². The fraction of sp³-hybridized carbons (Fsp3) is 0.0545. The number of furan rings is 1. The molecule has 0 fully saturated rings. The lowest BCUT2D eigenvalue weighted by Crippen LogP contribution is -2.13. The van der Waals surface area contributed by atoms with Gasteiger partial charge in [0.2, 0.25) is 0 Å². The van der Waals surface area contributed by atoms with Crippen LogP contribution in [0.1, 0.15) is 18.4 Å². The Labute approximate surface area is 339 Å². The van der Waals surface area contributed by atoms with Crippen LogP contribution in [0.4, 0.5) is 17.1 Å². The minimum absolute atomic E-state index is 0.0559. The van der Waals surface area contributed by atoms with Crippen LogP contribution < -0.4 is 9.64 Å². The van der Waals surface area contributed by atoms with Crippen LogP contribution in [0.3, 0.4) is 0 Å². The maximum Gasteiger partial charge on any atom is 0.143 e. The fourth-order valence-corrected chi connectivity index (χ4v) is 8.55. The van der Waals surface area contributed by atoms with Gasteiger partial charge in [-0.3, -0.25) is 0 Å². The predicted octanol–water partition coefficient (Wildman–Crippen LogP) is 15.3. The number of hydrogen-bond donors (Lipinski definition) is 0. The van der Waals surface area contributed by atoms with Crippen molar-refractivity contribution in [1.82, 2.24) is 0 Å². The van der Waals surface area contributed by atoms with Gasteiger partial charge in [-0.1, -0.05) is 152 Å². The zero-order valence-electron chi connectivity index (χ0n) is 32.3. The summed E-state index contributed by atoms with van der Waals surface area (Å²) in [6.45, 7) is 6.16. The van der Waals surface area contributed by atoms with E-state index in [9.17, 15) is 0 Å². The summed E-state index contributed by atoms with van der Waals surface area (Å²) in [5.74, 6) is 1.05. The Hall–Kier alpha value is -7.36. The van der Waals surface area contributed by atoms with Gasteiger partial charge in [-0.25, -0.2) is 0 Å². The Kier molecular flexibility index (Phi) is 9.04. The minimum atomic E-state index is -0.0559. The van der Waals surface area contributed by atoms with Crippen molar-refractivity contribution in [2.45, 2.75) is 18.9 Å². The van der Waals surface area contributed by atoms with Gasteiger partial charge in [0.1, 0.15) is 23.0 Å². The number of allylic oxidation sites excluding steroid dienone is 1. The first-order chi connectivity index (χ1) is 28.7. The average Bonchev–Trinajstić information content (AvgIpc) is 3.85. The van der Waals surface area contributed by atoms with Crippen LogP contribution >= 0.6 is 0 Å². The van der Waals surface area contributed by atoms with Crippen LogP contribution in [0.15, 0.2) is 217 Å². The van der Waals surface area contributed by atoms with E-state index in [0.717, 1.165) is 78.1 Å². The normalized spacial score (nSPS) is 14.8. The Morgan fingerprint density at radius 3 is 1.71 bits per heavy atom. The summed E-state index contributed by atoms with van der Waals surface area (Å²) in [5.41, 5.74) is 15.2. The summed E-state index contributed by atoms with van der Waals surface area (Å²) in [6.07, 6.45) is 6.11. The molecule has 0 aliphatic carbocycles. The van der Waals surface area contributed by atoms with E-state index in [2.05, 4.69) is 200 Å². The maximum atomic E-state index is 6.59. The Bertz CT molecular complexity index is 2920. The molecule has 2 unspecified atom stereocenters. The second kappa shape index (κ2) is 14.9. The molecule has 1 aliphatic heterocycles. The zero-order valence-corrected chi connectivity index (χ0v) is 32.3. The maximum absolute atomic E-state index is 6.59. The topological polar surface area (TPSA) is 25.6 Å². The summed E-state index contributed by atoms with van der Waals surface area (Å²) in [5, 5.41) is 2.24. The molecule has 3 nitrogen and oxygen atoms in total. The Morgan fingerprint density at radius 1 is 0.500 bits per heavy atom. The molecular weight excluding hydrogens is 707 g/mol. The molecule has 58 heavy (non-hydrogen) atoms. The lowest BCUT2D eigenvalue weighted by molar-refractivity contribution is 0.271. The molecule has 0 amide bonds. The average molecular weight is 748 g/mol. The van der Waals surface area contributed by atoms with Gasteiger partial charge in [-0.2, -0.15) is 0 Å². The largest absolute Gasteiger partial charge is 0.484 e. The highest BCUT2D eigenvalue weighted by molar-refractivity contribution is 6.12. The molecule has 0 N–H and O–H groups in total. The first-order valence-corrected chi connectivity index (χ1v) is 19.9. The third-order valence-electron chi connectivity index (χ3n) is 11.4. The molecule has 1 aliphatic rings. The van der Waals surface area contributed by atoms with Crippen LogP contribution in [0, 0.1) is 0 Å². The highest BCUT2D eigenvalue weighted by Gasteiger charge is 2.32. The predicted molar refractivity (Wildman–Crippen MR) is 242 cm³/mol. The van der Waals surface area contributed by atoms with Crippen LogP contribution in [0.2, 0.25) is 0 Å². The molecular formula is C55H41NO2. The molecule has 0 saturated carbocycles. The van der Waals surface area contributed by atoms with Gasteiger partial charge in [-0.15, -0.1) is 6.58 Å². The molecule has 8 aromatic carbocycles. The number of para-hydroxylation sites is 2. The van der Waals surface area contributed by atoms with Crippen LogP contribution in [-0.2, 0) is 0 Å². The van der Waals surface area contributed by atoms with E-state index in [1.165, 1.54) is 16.7 Å². The third kappa shape index (κ3) is 6.18. The summed E-state index contributed by atoms with van der Waals surface area (Å²) in [4.78, 5) is 2.32. The highest BCUT2D eigenvalue weighted by atomic mass is 16.5. The lowest BCUT2D eigenvalue weighted by Gasteiger charge is -2.26. The first kappa shape index (κ1) is 35.1. The molecule has 278 valence electrons. The van der Waals surface area contributed by atoms with E-state index in [1.54, 1.807) is 0 Å². The molecule has 2 heterocycles. The summed E-state index contributed by atoms with van der Waals surface area (Å²) >= 11 is 0. The first-order valence-electron chi connectivity index (χ1n) is 19.9. The number of anilines is 3. The van der Waals surface area contributed by atoms with E-state index < -0.39 is 0 Å². The molecule has 0 spiro atoms. The number of rotatable bonds is 9. The third-order valence-corrected chi connectivity index (χ3v) is 11.4. The van der Waals surface area contributed by atoms with E-state index in [0.29, 0.717) is 0 Å². The van der Waals surface area contributed by atoms with Crippen molar-refractivity contribution in [2.24, 2.45) is 0 Å². The second-order valence-electron chi connectivity index (χ2n) is 14.8. The van der Waals surface area contributed by atoms with E-state index >= 15 is 0 Å². The van der Waals surface area contributed by atoms with Gasteiger partial charge < -0.3 is 14.1 Å². The van der Waals surface area contributed by atoms with Crippen molar-refractivity contribution in [3.63, 3.8) is 0 Å². The van der Waals surface area contributed by atoms with Crippen molar-refractivity contribution in [3.8, 4) is 50.3 Å². The van der Waals surface area contributed by atoms with Crippen molar-refractivity contribution in [3.05, 3.63) is 218 Å². The quantitative estimate of drug-likeness (QED) is 0.138. The monoisotopic (exact) mass is 747 g/mol. The molecule has 0 radical (unpaired) electrons. The van der Waals surface area contributed by atoms with Gasteiger partial charge in [0.15, 0.2) is 0 Å². The highest BCUT2D eigenvalue weighted by Crippen LogP contribution is 2.47. The summed E-state index contributed by atoms with van der Waals surface area (Å²) in [6, 6.07) is 66.8. The van der Waals surface area contributed by atoms with Gasteiger partial charge in [0.05, 0.1) is 0 Å². The number of fused-ring (bicyclic) bond motifs is 4. The molecule has 10 rings (SSSR count). The summed E-state index contributed by atoms with van der Waals surface area (Å²) < 4.78 is 13.1. The lowest BCUT2D eigenvalue weighted by atomic mass is 9.92. The second-order valence-corrected chi connectivity index (χ2v) is 14.8. The van der Waals surface area contributed by atoms with Crippen molar-refractivity contribution in [1.29, 1.82) is 0 Å². The zero-order chi connectivity index (χ0) is 39.0. The molecule has 0 saturated heterocycles. The minimum Gasteiger partial charge on any atom is -0.484 e. The smallest absolute Gasteiger partial charge is 0.143 e. The van der Waals surface area contributed by atoms with E-state index in [1.807, 2.05) is 25.1 Å². The van der Waals surface area contributed by atoms with Crippen molar-refractivity contribution >= 4 is 39.0 Å². The SMILES string of the molecule is C=CC1c2cccc(-c3ccc(N(c4ccc(-c5ccccc5)cc4)c4ccc(-c5ccc6c(oc7ccccc76)c5-c5ccccc5)cc4)cc3)c2OC1/C=C\C. The number of benzene rings is 8. The molecule has 3 heteroatoms. The standard InChI is InChI=1S/C55H41NO2/c1-3-14-51-45(4-2)49-21-13-20-47(54(49)57-51)40-27-33-44(34-28-40)56(42-29-23-38(24-30-42)37-15-7-5-8-16-37)43-31-25-39(26-32-43)46-35-36-50-48-19-11-12-22-52(48)58-55(50)53(46)41-17-9-6-10-18-41/h3-36,45,51H,2H2,1H3/b14-3-. The van der Waals surface area contributed by atoms with Crippen LogP contribution in [-0.4, -0.2) is 6.10 Å². The number of hydrogen-bond acceptors (Lipinski definition) is 3. The van der Waals surface area contributed by atoms with Gasteiger partial charge in [-0.05, 0) is 94.9 Å². The summed E-state index contributed by atoms with van der Waals surface area (Å²) in [7, 11) is 0. The molecule has 2 atom stereocenters. The van der Waals surface area contributed by atoms with E-state index in [4.69, 9.17) is 9.15 Å². The fourth-order valence-electron chi connectivity index (χ4n) is 8.55. The number of nitrogens with zero attached hydrogens (tertiary/aromatic N) is 1. The molecule has 9 aromatic rings. The molecule has 1 aromatic heterocycles.